The number of hydrogen-bond donors (Lipinski definition) is 2. The van der Waals surface area contributed by atoms with E-state index in [-0.39, 0.29) is 24.2 Å². The van der Waals surface area contributed by atoms with Gasteiger partial charge in [-0.1, -0.05) is 13.8 Å². The highest BCUT2D eigenvalue weighted by atomic mass is 35.5. The van der Waals surface area contributed by atoms with E-state index in [1.165, 1.54) is 6.42 Å². The zero-order valence-corrected chi connectivity index (χ0v) is 10.3. The third-order valence-electron chi connectivity index (χ3n) is 3.67. The Morgan fingerprint density at radius 3 is 2.67 bits per heavy atom. The molecule has 1 saturated carbocycles. The average Bonchev–Trinajstić information content (AvgIpc) is 2.58. The summed E-state index contributed by atoms with van der Waals surface area (Å²) in [4.78, 5) is 11.6. The van der Waals surface area contributed by atoms with Crippen LogP contribution in [0.5, 0.6) is 0 Å². The summed E-state index contributed by atoms with van der Waals surface area (Å²) in [5.41, 5.74) is 0.473. The predicted molar refractivity (Wildman–Crippen MR) is 63.1 cm³/mol. The second kappa shape index (κ2) is 4.71. The summed E-state index contributed by atoms with van der Waals surface area (Å²) in [5.74, 6) is 1.18. The molecular weight excluding hydrogens is 212 g/mol. The van der Waals surface area contributed by atoms with Crippen LogP contribution in [0.15, 0.2) is 0 Å². The number of hydrogen-bond acceptors (Lipinski definition) is 2. The molecule has 1 aliphatic heterocycles. The van der Waals surface area contributed by atoms with Crippen LogP contribution in [0.25, 0.3) is 0 Å². The van der Waals surface area contributed by atoms with E-state index in [1.54, 1.807) is 0 Å². The molecule has 3 nitrogen and oxygen atoms in total. The lowest BCUT2D eigenvalue weighted by Crippen LogP contribution is -2.33. The van der Waals surface area contributed by atoms with Gasteiger partial charge < -0.3 is 10.6 Å². The first kappa shape index (κ1) is 12.8. The molecule has 4 heteroatoms. The van der Waals surface area contributed by atoms with Crippen molar-refractivity contribution in [2.45, 2.75) is 26.7 Å². The highest BCUT2D eigenvalue weighted by molar-refractivity contribution is 5.85. The fourth-order valence-electron chi connectivity index (χ4n) is 2.17. The molecule has 0 radical (unpaired) electrons. The van der Waals surface area contributed by atoms with Gasteiger partial charge in [0.1, 0.15) is 0 Å². The summed E-state index contributed by atoms with van der Waals surface area (Å²) in [6, 6.07) is 0. The Labute approximate surface area is 97.8 Å². The fourth-order valence-corrected chi connectivity index (χ4v) is 2.17. The van der Waals surface area contributed by atoms with Gasteiger partial charge in [-0.3, -0.25) is 4.79 Å². The van der Waals surface area contributed by atoms with Gasteiger partial charge in [0.05, 0.1) is 5.92 Å². The predicted octanol–water partition coefficient (Wildman–Crippen LogP) is 1.18. The van der Waals surface area contributed by atoms with Crippen molar-refractivity contribution >= 4 is 18.3 Å². The van der Waals surface area contributed by atoms with Gasteiger partial charge in [-0.25, -0.2) is 0 Å². The van der Waals surface area contributed by atoms with E-state index < -0.39 is 0 Å². The van der Waals surface area contributed by atoms with Crippen LogP contribution in [0, 0.1) is 17.3 Å². The second-order valence-corrected chi connectivity index (χ2v) is 5.32. The molecule has 0 bridgehead atoms. The molecular formula is C11H21ClN2O. The van der Waals surface area contributed by atoms with E-state index in [4.69, 9.17) is 0 Å². The molecule has 1 heterocycles. The van der Waals surface area contributed by atoms with Crippen LogP contribution in [0.2, 0.25) is 0 Å². The van der Waals surface area contributed by atoms with Crippen LogP contribution in [-0.4, -0.2) is 25.5 Å². The SMILES string of the molecule is CC1(C)CC1CNC(=O)[C@H]1CCNC1.Cl. The standard InChI is InChI=1S/C11H20N2O.ClH/c1-11(2)5-9(11)7-13-10(14)8-3-4-12-6-8;/h8-9,12H,3-7H2,1-2H3,(H,13,14);1H/t8-,9?;/m0./s1. The molecule has 1 unspecified atom stereocenters. The molecule has 0 spiro atoms. The van der Waals surface area contributed by atoms with Crippen LogP contribution in [0.3, 0.4) is 0 Å². The summed E-state index contributed by atoms with van der Waals surface area (Å²) in [6.45, 7) is 7.26. The van der Waals surface area contributed by atoms with Crippen molar-refractivity contribution in [1.82, 2.24) is 10.6 Å². The first-order valence-corrected chi connectivity index (χ1v) is 5.58. The highest BCUT2D eigenvalue weighted by Gasteiger charge is 2.45. The lowest BCUT2D eigenvalue weighted by Gasteiger charge is -2.10. The largest absolute Gasteiger partial charge is 0.356 e. The van der Waals surface area contributed by atoms with E-state index in [2.05, 4.69) is 24.5 Å². The van der Waals surface area contributed by atoms with Crippen LogP contribution in [0.4, 0.5) is 0 Å². The van der Waals surface area contributed by atoms with Gasteiger partial charge in [0.2, 0.25) is 5.91 Å². The molecule has 2 fully saturated rings. The molecule has 2 rings (SSSR count). The van der Waals surface area contributed by atoms with Crippen molar-refractivity contribution < 1.29 is 4.79 Å². The molecule has 0 aromatic heterocycles. The summed E-state index contributed by atoms with van der Waals surface area (Å²) in [7, 11) is 0. The Morgan fingerprint density at radius 1 is 1.53 bits per heavy atom. The third-order valence-corrected chi connectivity index (χ3v) is 3.67. The molecule has 0 aromatic carbocycles. The average molecular weight is 233 g/mol. The molecule has 1 amide bonds. The quantitative estimate of drug-likeness (QED) is 0.768. The van der Waals surface area contributed by atoms with Crippen LogP contribution in [-0.2, 0) is 4.79 Å². The second-order valence-electron chi connectivity index (χ2n) is 5.32. The van der Waals surface area contributed by atoms with Gasteiger partial charge in [-0.05, 0) is 30.7 Å². The van der Waals surface area contributed by atoms with E-state index in [9.17, 15) is 4.79 Å². The molecule has 88 valence electrons. The zero-order chi connectivity index (χ0) is 10.2. The minimum atomic E-state index is 0. The maximum Gasteiger partial charge on any atom is 0.224 e. The summed E-state index contributed by atoms with van der Waals surface area (Å²) < 4.78 is 0. The Balaban J connectivity index is 0.00000112. The van der Waals surface area contributed by atoms with E-state index in [1.807, 2.05) is 0 Å². The summed E-state index contributed by atoms with van der Waals surface area (Å²) in [6.07, 6.45) is 2.26. The number of halogens is 1. The van der Waals surface area contributed by atoms with Gasteiger partial charge >= 0.3 is 0 Å². The molecule has 2 atom stereocenters. The third kappa shape index (κ3) is 3.08. The molecule has 2 aliphatic rings. The van der Waals surface area contributed by atoms with E-state index in [0.29, 0.717) is 11.3 Å². The first-order chi connectivity index (χ1) is 6.59. The van der Waals surface area contributed by atoms with Crippen molar-refractivity contribution in [3.8, 4) is 0 Å². The van der Waals surface area contributed by atoms with Crippen molar-refractivity contribution in [2.75, 3.05) is 19.6 Å². The molecule has 1 aliphatic carbocycles. The van der Waals surface area contributed by atoms with Crippen LogP contribution in [0.1, 0.15) is 26.7 Å². The minimum Gasteiger partial charge on any atom is -0.356 e. The number of nitrogens with one attached hydrogen (secondary N) is 2. The minimum absolute atomic E-state index is 0. The lowest BCUT2D eigenvalue weighted by atomic mass is 10.1. The lowest BCUT2D eigenvalue weighted by molar-refractivity contribution is -0.124. The van der Waals surface area contributed by atoms with Gasteiger partial charge in [0.15, 0.2) is 0 Å². The fraction of sp³-hybridized carbons (Fsp3) is 0.909. The van der Waals surface area contributed by atoms with Gasteiger partial charge in [-0.15, -0.1) is 12.4 Å². The smallest absolute Gasteiger partial charge is 0.224 e. The number of amides is 1. The van der Waals surface area contributed by atoms with Crippen molar-refractivity contribution in [3.05, 3.63) is 0 Å². The molecule has 0 aromatic rings. The Kier molecular flexibility index (Phi) is 4.01. The Morgan fingerprint density at radius 2 is 2.20 bits per heavy atom. The Hall–Kier alpha value is -0.280. The van der Waals surface area contributed by atoms with E-state index >= 15 is 0 Å². The van der Waals surface area contributed by atoms with Crippen molar-refractivity contribution in [1.29, 1.82) is 0 Å². The number of carbonyl (C=O) groups excluding carboxylic acids is 1. The first-order valence-electron chi connectivity index (χ1n) is 5.58. The van der Waals surface area contributed by atoms with Gasteiger partial charge in [0, 0.05) is 13.1 Å². The zero-order valence-electron chi connectivity index (χ0n) is 9.51. The molecule has 1 saturated heterocycles. The monoisotopic (exact) mass is 232 g/mol. The van der Waals surface area contributed by atoms with E-state index in [0.717, 1.165) is 26.1 Å². The van der Waals surface area contributed by atoms with Crippen LogP contribution < -0.4 is 10.6 Å². The van der Waals surface area contributed by atoms with Crippen molar-refractivity contribution in [2.24, 2.45) is 17.3 Å². The number of carbonyl (C=O) groups is 1. The van der Waals surface area contributed by atoms with Gasteiger partial charge in [0.25, 0.3) is 0 Å². The molecule has 2 N–H and O–H groups in total. The topological polar surface area (TPSA) is 41.1 Å². The highest BCUT2D eigenvalue weighted by Crippen LogP contribution is 2.50. The maximum atomic E-state index is 11.6. The maximum absolute atomic E-state index is 11.6. The number of rotatable bonds is 3. The normalized spacial score (nSPS) is 31.9. The summed E-state index contributed by atoms with van der Waals surface area (Å²) in [5, 5.41) is 6.28. The van der Waals surface area contributed by atoms with Gasteiger partial charge in [-0.2, -0.15) is 0 Å². The van der Waals surface area contributed by atoms with Crippen LogP contribution >= 0.6 is 12.4 Å². The Bertz CT molecular complexity index is 237. The van der Waals surface area contributed by atoms with Crippen molar-refractivity contribution in [3.63, 3.8) is 0 Å². The molecule has 15 heavy (non-hydrogen) atoms. The summed E-state index contributed by atoms with van der Waals surface area (Å²) >= 11 is 0.